The van der Waals surface area contributed by atoms with Crippen molar-refractivity contribution in [2.75, 3.05) is 7.11 Å². The van der Waals surface area contributed by atoms with Gasteiger partial charge in [0.2, 0.25) is 5.91 Å². The lowest BCUT2D eigenvalue weighted by Gasteiger charge is -2.26. The maximum Gasteiger partial charge on any atom is 0.231 e. The Morgan fingerprint density at radius 1 is 1.35 bits per heavy atom. The number of methoxy groups -OCH3 is 1. The fourth-order valence-corrected chi connectivity index (χ4v) is 2.64. The van der Waals surface area contributed by atoms with Gasteiger partial charge in [-0.1, -0.05) is 39.5 Å². The van der Waals surface area contributed by atoms with Gasteiger partial charge in [0, 0.05) is 5.70 Å². The minimum Gasteiger partial charge on any atom is -0.496 e. The van der Waals surface area contributed by atoms with Crippen molar-refractivity contribution in [2.45, 2.75) is 44.9 Å². The highest BCUT2D eigenvalue weighted by molar-refractivity contribution is 5.86. The first kappa shape index (κ1) is 14.6. The van der Waals surface area contributed by atoms with Crippen LogP contribution in [0, 0.1) is 0 Å². The second-order valence-corrected chi connectivity index (χ2v) is 6.39. The van der Waals surface area contributed by atoms with Crippen molar-refractivity contribution in [3.8, 4) is 5.75 Å². The molecule has 3 nitrogen and oxygen atoms in total. The van der Waals surface area contributed by atoms with Gasteiger partial charge >= 0.3 is 0 Å². The molecule has 1 atom stereocenters. The highest BCUT2D eigenvalue weighted by Crippen LogP contribution is 2.35. The van der Waals surface area contributed by atoms with Gasteiger partial charge in [0.05, 0.1) is 13.0 Å². The van der Waals surface area contributed by atoms with Crippen LogP contribution in [0.5, 0.6) is 5.75 Å². The smallest absolute Gasteiger partial charge is 0.231 e. The van der Waals surface area contributed by atoms with E-state index >= 15 is 0 Å². The number of nitrogens with one attached hydrogen (secondary N) is 1. The predicted octanol–water partition coefficient (Wildman–Crippen LogP) is 3.50. The number of amides is 1. The van der Waals surface area contributed by atoms with Gasteiger partial charge in [0.15, 0.2) is 0 Å². The molecule has 0 aliphatic carbocycles. The summed E-state index contributed by atoms with van der Waals surface area (Å²) in [6.07, 6.45) is 1.64. The molecule has 2 rings (SSSR count). The van der Waals surface area contributed by atoms with E-state index in [2.05, 4.69) is 38.7 Å². The highest BCUT2D eigenvalue weighted by atomic mass is 16.5. The zero-order chi connectivity index (χ0) is 14.9. The molecule has 0 bridgehead atoms. The van der Waals surface area contributed by atoms with Crippen LogP contribution in [0.2, 0.25) is 0 Å². The molecule has 0 radical (unpaired) electrons. The van der Waals surface area contributed by atoms with Crippen LogP contribution in [0.15, 0.2) is 30.5 Å². The van der Waals surface area contributed by atoms with Gasteiger partial charge in [0.1, 0.15) is 5.75 Å². The van der Waals surface area contributed by atoms with E-state index in [1.54, 1.807) is 7.11 Å². The molecule has 3 heteroatoms. The second kappa shape index (κ2) is 5.31. The standard InChI is InChI=1S/C17H23NO2/c1-11-6-8-13(16(19)18-11)12-7-9-14(17(2,3)4)15(10-12)20-5/h7,9-10,13H,1,6,8H2,2-5H3,(H,18,19). The predicted molar refractivity (Wildman–Crippen MR) is 81.0 cm³/mol. The fourth-order valence-electron chi connectivity index (χ4n) is 2.64. The van der Waals surface area contributed by atoms with E-state index < -0.39 is 0 Å². The lowest BCUT2D eigenvalue weighted by atomic mass is 9.83. The number of benzene rings is 1. The molecule has 1 aromatic carbocycles. The zero-order valence-corrected chi connectivity index (χ0v) is 12.7. The Hall–Kier alpha value is -1.77. The molecule has 0 aromatic heterocycles. The molecule has 1 amide bonds. The van der Waals surface area contributed by atoms with Crippen LogP contribution in [-0.2, 0) is 10.2 Å². The topological polar surface area (TPSA) is 38.3 Å². The van der Waals surface area contributed by atoms with Crippen molar-refractivity contribution >= 4 is 5.91 Å². The van der Waals surface area contributed by atoms with Gasteiger partial charge in [-0.3, -0.25) is 4.79 Å². The summed E-state index contributed by atoms with van der Waals surface area (Å²) < 4.78 is 5.51. The molecular weight excluding hydrogens is 250 g/mol. The number of ether oxygens (including phenoxy) is 1. The van der Waals surface area contributed by atoms with E-state index in [1.165, 1.54) is 0 Å². The molecule has 1 fully saturated rings. The minimum atomic E-state index is -0.108. The third kappa shape index (κ3) is 2.87. The lowest BCUT2D eigenvalue weighted by molar-refractivity contribution is -0.122. The van der Waals surface area contributed by atoms with E-state index in [-0.39, 0.29) is 17.2 Å². The first-order valence-electron chi connectivity index (χ1n) is 7.00. The van der Waals surface area contributed by atoms with E-state index in [0.717, 1.165) is 35.4 Å². The summed E-state index contributed by atoms with van der Waals surface area (Å²) in [5.41, 5.74) is 3.00. The first-order chi connectivity index (χ1) is 9.32. The van der Waals surface area contributed by atoms with Gasteiger partial charge in [-0.2, -0.15) is 0 Å². The zero-order valence-electron chi connectivity index (χ0n) is 12.7. The van der Waals surface area contributed by atoms with E-state index in [9.17, 15) is 4.79 Å². The Morgan fingerprint density at radius 2 is 2.05 bits per heavy atom. The molecule has 1 N–H and O–H groups in total. The van der Waals surface area contributed by atoms with E-state index in [0.29, 0.717) is 0 Å². The normalized spacial score (nSPS) is 19.7. The van der Waals surface area contributed by atoms with Crippen LogP contribution in [0.4, 0.5) is 0 Å². The number of carbonyl (C=O) groups is 1. The molecule has 1 heterocycles. The maximum atomic E-state index is 12.1. The molecule has 108 valence electrons. The van der Waals surface area contributed by atoms with E-state index in [4.69, 9.17) is 4.74 Å². The van der Waals surface area contributed by atoms with E-state index in [1.807, 2.05) is 12.1 Å². The number of rotatable bonds is 2. The average molecular weight is 273 g/mol. The van der Waals surface area contributed by atoms with Crippen LogP contribution in [0.1, 0.15) is 50.7 Å². The summed E-state index contributed by atoms with van der Waals surface area (Å²) in [5, 5.41) is 2.84. The Bertz CT molecular complexity index is 540. The first-order valence-corrected chi connectivity index (χ1v) is 7.00. The summed E-state index contributed by atoms with van der Waals surface area (Å²) >= 11 is 0. The van der Waals surface area contributed by atoms with Crippen molar-refractivity contribution in [3.63, 3.8) is 0 Å². The molecule has 1 saturated heterocycles. The molecule has 1 aromatic rings. The third-order valence-electron chi connectivity index (χ3n) is 3.79. The van der Waals surface area contributed by atoms with Crippen molar-refractivity contribution in [1.29, 1.82) is 0 Å². The Labute approximate surface area is 121 Å². The summed E-state index contributed by atoms with van der Waals surface area (Å²) in [7, 11) is 1.68. The van der Waals surface area contributed by atoms with Gasteiger partial charge < -0.3 is 10.1 Å². The van der Waals surface area contributed by atoms with Crippen molar-refractivity contribution in [3.05, 3.63) is 41.6 Å². The summed E-state index contributed by atoms with van der Waals surface area (Å²) in [6, 6.07) is 6.12. The number of carbonyl (C=O) groups excluding carboxylic acids is 1. The number of hydrogen-bond acceptors (Lipinski definition) is 2. The molecule has 1 aliphatic heterocycles. The van der Waals surface area contributed by atoms with Crippen molar-refractivity contribution in [1.82, 2.24) is 5.32 Å². The maximum absolute atomic E-state index is 12.1. The minimum absolute atomic E-state index is 0.0208. The van der Waals surface area contributed by atoms with Crippen LogP contribution >= 0.6 is 0 Å². The summed E-state index contributed by atoms with van der Waals surface area (Å²) in [6.45, 7) is 10.3. The Balaban J connectivity index is 2.35. The molecular formula is C17H23NO2. The molecule has 0 saturated carbocycles. The number of piperidine rings is 1. The number of hydrogen-bond donors (Lipinski definition) is 1. The second-order valence-electron chi connectivity index (χ2n) is 6.39. The van der Waals surface area contributed by atoms with Gasteiger partial charge in [0.25, 0.3) is 0 Å². The summed E-state index contributed by atoms with van der Waals surface area (Å²) in [5.74, 6) is 0.780. The molecule has 20 heavy (non-hydrogen) atoms. The third-order valence-corrected chi connectivity index (χ3v) is 3.79. The molecule has 0 spiro atoms. The van der Waals surface area contributed by atoms with Gasteiger partial charge in [-0.15, -0.1) is 0 Å². The van der Waals surface area contributed by atoms with Crippen LogP contribution in [0.25, 0.3) is 0 Å². The van der Waals surface area contributed by atoms with Crippen molar-refractivity contribution < 1.29 is 9.53 Å². The Morgan fingerprint density at radius 3 is 2.60 bits per heavy atom. The monoisotopic (exact) mass is 273 g/mol. The van der Waals surface area contributed by atoms with Crippen LogP contribution in [-0.4, -0.2) is 13.0 Å². The average Bonchev–Trinajstić information content (AvgIpc) is 2.37. The lowest BCUT2D eigenvalue weighted by Crippen LogP contribution is -2.33. The quantitative estimate of drug-likeness (QED) is 0.895. The molecule has 1 aliphatic rings. The molecule has 1 unspecified atom stereocenters. The SMILES string of the molecule is C=C1CCC(c2ccc(C(C)(C)C)c(OC)c2)C(=O)N1. The van der Waals surface area contributed by atoms with Crippen molar-refractivity contribution in [2.24, 2.45) is 0 Å². The van der Waals surface area contributed by atoms with Gasteiger partial charge in [-0.25, -0.2) is 0 Å². The van der Waals surface area contributed by atoms with Crippen LogP contribution < -0.4 is 10.1 Å². The highest BCUT2D eigenvalue weighted by Gasteiger charge is 2.27. The number of allylic oxidation sites excluding steroid dienone is 1. The summed E-state index contributed by atoms with van der Waals surface area (Å²) in [4.78, 5) is 12.1. The Kier molecular flexibility index (Phi) is 3.89. The fraction of sp³-hybridized carbons (Fsp3) is 0.471. The van der Waals surface area contributed by atoms with Gasteiger partial charge in [-0.05, 0) is 35.4 Å². The largest absolute Gasteiger partial charge is 0.496 e. The van der Waals surface area contributed by atoms with Crippen LogP contribution in [0.3, 0.4) is 0 Å².